The molecule has 0 aliphatic carbocycles. The molecule has 0 spiro atoms. The number of hydrogen-bond donors (Lipinski definition) is 1. The first-order valence-corrected chi connectivity index (χ1v) is 11.2. The lowest BCUT2D eigenvalue weighted by molar-refractivity contribution is -0.873. The van der Waals surface area contributed by atoms with E-state index in [9.17, 15) is 27.9 Å². The number of amides is 1. The van der Waals surface area contributed by atoms with E-state index >= 15 is 4.39 Å². The van der Waals surface area contributed by atoms with Gasteiger partial charge in [0.05, 0.1) is 45.9 Å². The summed E-state index contributed by atoms with van der Waals surface area (Å²) in [6.07, 6.45) is -6.26. The summed E-state index contributed by atoms with van der Waals surface area (Å²) in [5.41, 5.74) is -5.20. The molecule has 2 aromatic rings. The van der Waals surface area contributed by atoms with Crippen molar-refractivity contribution >= 4 is 29.2 Å². The maximum absolute atomic E-state index is 16.7. The summed E-state index contributed by atoms with van der Waals surface area (Å²) in [4.78, 5) is 26.3. The lowest BCUT2D eigenvalue weighted by Crippen LogP contribution is -2.43. The third-order valence-electron chi connectivity index (χ3n) is 5.57. The predicted molar refractivity (Wildman–Crippen MR) is 123 cm³/mol. The van der Waals surface area contributed by atoms with Crippen molar-refractivity contribution in [2.24, 2.45) is 0 Å². The van der Waals surface area contributed by atoms with E-state index in [1.807, 2.05) is 0 Å². The summed E-state index contributed by atoms with van der Waals surface area (Å²) in [7, 11) is 6.65. The van der Waals surface area contributed by atoms with Crippen LogP contribution in [0.25, 0.3) is 0 Å². The largest absolute Gasteiger partial charge is 0.496 e. The summed E-state index contributed by atoms with van der Waals surface area (Å²) in [6.45, 7) is -0.644. The van der Waals surface area contributed by atoms with Crippen LogP contribution >= 0.6 is 11.6 Å². The van der Waals surface area contributed by atoms with Crippen LogP contribution in [0.2, 0.25) is 5.02 Å². The zero-order chi connectivity index (χ0) is 27.1. The van der Waals surface area contributed by atoms with Gasteiger partial charge < -0.3 is 19.1 Å². The SMILES string of the molecule is COc1ccc(Cl)cc1[C@]1(F)C(=O)N(COC(=O)C[C@@H](O)C[N+](C)(C)C)c2cc(C(F)(F)F)ccc21. The maximum Gasteiger partial charge on any atom is 0.416 e. The highest BCUT2D eigenvalue weighted by atomic mass is 35.5. The Balaban J connectivity index is 1.99. The minimum Gasteiger partial charge on any atom is -0.496 e. The van der Waals surface area contributed by atoms with Crippen molar-refractivity contribution in [2.75, 3.05) is 46.4 Å². The van der Waals surface area contributed by atoms with Crippen LogP contribution in [0.1, 0.15) is 23.1 Å². The lowest BCUT2D eigenvalue weighted by atomic mass is 9.88. The number of nitrogens with zero attached hydrogens (tertiary/aromatic N) is 2. The molecule has 3 rings (SSSR count). The van der Waals surface area contributed by atoms with E-state index < -0.39 is 54.2 Å². The number of ether oxygens (including phenoxy) is 2. The third-order valence-corrected chi connectivity index (χ3v) is 5.81. The third kappa shape index (κ3) is 5.58. The summed E-state index contributed by atoms with van der Waals surface area (Å²) in [6, 6.07) is 6.02. The minimum absolute atomic E-state index is 0.0524. The Morgan fingerprint density at radius 2 is 1.83 bits per heavy atom. The molecule has 2 atom stereocenters. The molecule has 0 saturated heterocycles. The molecule has 1 aliphatic heterocycles. The Morgan fingerprint density at radius 1 is 1.17 bits per heavy atom. The molecule has 1 N–H and O–H groups in total. The number of alkyl halides is 4. The van der Waals surface area contributed by atoms with Crippen LogP contribution in [0.3, 0.4) is 0 Å². The first-order chi connectivity index (χ1) is 16.6. The average Bonchev–Trinajstić information content (AvgIpc) is 2.97. The molecule has 0 unspecified atom stereocenters. The second-order valence-electron chi connectivity index (χ2n) is 9.44. The molecule has 0 aromatic heterocycles. The number of rotatable bonds is 8. The number of methoxy groups -OCH3 is 1. The van der Waals surface area contributed by atoms with Crippen molar-refractivity contribution in [3.63, 3.8) is 0 Å². The maximum atomic E-state index is 16.7. The van der Waals surface area contributed by atoms with Gasteiger partial charge in [0, 0.05) is 16.1 Å². The van der Waals surface area contributed by atoms with Crippen molar-refractivity contribution in [2.45, 2.75) is 24.4 Å². The number of hydrogen-bond acceptors (Lipinski definition) is 5. The number of aliphatic hydroxyl groups excluding tert-OH is 1. The molecule has 1 heterocycles. The number of quaternary nitrogens is 1. The van der Waals surface area contributed by atoms with Gasteiger partial charge in [-0.25, -0.2) is 4.39 Å². The van der Waals surface area contributed by atoms with E-state index in [4.69, 9.17) is 21.1 Å². The van der Waals surface area contributed by atoms with Gasteiger partial charge in [-0.15, -0.1) is 0 Å². The quantitative estimate of drug-likeness (QED) is 0.317. The fourth-order valence-electron chi connectivity index (χ4n) is 4.06. The highest BCUT2D eigenvalue weighted by Gasteiger charge is 2.55. The van der Waals surface area contributed by atoms with Gasteiger partial charge >= 0.3 is 12.1 Å². The highest BCUT2D eigenvalue weighted by Crippen LogP contribution is 2.51. The summed E-state index contributed by atoms with van der Waals surface area (Å²) >= 11 is 6.02. The minimum atomic E-state index is -4.77. The number of anilines is 1. The van der Waals surface area contributed by atoms with Crippen LogP contribution in [0, 0.1) is 0 Å². The highest BCUT2D eigenvalue weighted by molar-refractivity contribution is 6.30. The molecule has 0 bridgehead atoms. The zero-order valence-electron chi connectivity index (χ0n) is 20.0. The molecule has 196 valence electrons. The van der Waals surface area contributed by atoms with Crippen molar-refractivity contribution in [3.05, 3.63) is 58.1 Å². The van der Waals surface area contributed by atoms with E-state index in [1.54, 1.807) is 21.1 Å². The van der Waals surface area contributed by atoms with Gasteiger partial charge in [0.15, 0.2) is 6.73 Å². The number of esters is 1. The fraction of sp³-hybridized carbons (Fsp3) is 0.417. The molecule has 12 heteroatoms. The number of likely N-dealkylation sites (N-methyl/N-ethyl adjacent to an activating group) is 1. The van der Waals surface area contributed by atoms with Gasteiger partial charge in [0.1, 0.15) is 18.4 Å². The molecule has 1 aliphatic rings. The molecule has 7 nitrogen and oxygen atoms in total. The van der Waals surface area contributed by atoms with Gasteiger partial charge in [0.25, 0.3) is 5.91 Å². The number of carbonyl (C=O) groups excluding carboxylic acids is 2. The Morgan fingerprint density at radius 3 is 2.42 bits per heavy atom. The predicted octanol–water partition coefficient (Wildman–Crippen LogP) is 3.89. The second kappa shape index (κ2) is 9.87. The summed E-state index contributed by atoms with van der Waals surface area (Å²) in [5.74, 6) is -2.24. The number of carbonyl (C=O) groups is 2. The van der Waals surface area contributed by atoms with Gasteiger partial charge in [-0.3, -0.25) is 14.5 Å². The number of fused-ring (bicyclic) bond motifs is 1. The molecule has 1 amide bonds. The van der Waals surface area contributed by atoms with Gasteiger partial charge in [-0.1, -0.05) is 17.7 Å². The summed E-state index contributed by atoms with van der Waals surface area (Å²) < 4.78 is 67.5. The summed E-state index contributed by atoms with van der Waals surface area (Å²) in [5, 5.41) is 10.2. The van der Waals surface area contributed by atoms with Crippen LogP contribution in [0.5, 0.6) is 5.75 Å². The van der Waals surface area contributed by atoms with Crippen LogP contribution in [0.4, 0.5) is 23.2 Å². The van der Waals surface area contributed by atoms with Gasteiger partial charge in [0.2, 0.25) is 5.67 Å². The normalized spacial score (nSPS) is 18.7. The van der Waals surface area contributed by atoms with E-state index in [2.05, 4.69) is 0 Å². The van der Waals surface area contributed by atoms with E-state index in [1.165, 1.54) is 19.2 Å². The molecule has 0 fully saturated rings. The number of benzene rings is 2. The average molecular weight is 534 g/mol. The smallest absolute Gasteiger partial charge is 0.416 e. The Hall–Kier alpha value is -2.89. The standard InChI is InChI=1S/C24H26ClF4N2O5/c1-31(2,3)12-16(32)11-21(33)36-13-30-19-9-14(24(27,28)29)5-7-17(19)23(26,22(30)34)18-10-15(25)6-8-20(18)35-4/h5-10,16,32H,11-13H2,1-4H3/q+1/t16-,23+/m1/s1. The first-order valence-electron chi connectivity index (χ1n) is 10.8. The Kier molecular flexibility index (Phi) is 7.59. The number of aliphatic hydroxyl groups is 1. The van der Waals surface area contributed by atoms with Crippen molar-refractivity contribution in [3.8, 4) is 5.75 Å². The molecular formula is C24H26ClF4N2O5+. The van der Waals surface area contributed by atoms with Gasteiger partial charge in [-0.05, 0) is 30.3 Å². The molecule has 0 saturated carbocycles. The van der Waals surface area contributed by atoms with Crippen molar-refractivity contribution < 1.29 is 46.2 Å². The molecule has 0 radical (unpaired) electrons. The van der Waals surface area contributed by atoms with Gasteiger partial charge in [-0.2, -0.15) is 13.2 Å². The van der Waals surface area contributed by atoms with Crippen LogP contribution in [0.15, 0.2) is 36.4 Å². The Labute approximate surface area is 210 Å². The topological polar surface area (TPSA) is 76.1 Å². The van der Waals surface area contributed by atoms with Crippen LogP contribution < -0.4 is 9.64 Å². The van der Waals surface area contributed by atoms with Crippen molar-refractivity contribution in [1.82, 2.24) is 0 Å². The van der Waals surface area contributed by atoms with Crippen LogP contribution in [-0.2, 0) is 26.2 Å². The monoisotopic (exact) mass is 533 g/mol. The zero-order valence-corrected chi connectivity index (χ0v) is 20.8. The molecular weight excluding hydrogens is 508 g/mol. The number of halogens is 5. The lowest BCUT2D eigenvalue weighted by Gasteiger charge is -2.26. The fourth-order valence-corrected chi connectivity index (χ4v) is 4.23. The van der Waals surface area contributed by atoms with E-state index in [-0.39, 0.29) is 28.4 Å². The van der Waals surface area contributed by atoms with Crippen molar-refractivity contribution in [1.29, 1.82) is 0 Å². The van der Waals surface area contributed by atoms with E-state index in [0.29, 0.717) is 21.5 Å². The molecule has 36 heavy (non-hydrogen) atoms. The second-order valence-corrected chi connectivity index (χ2v) is 9.88. The first kappa shape index (κ1) is 27.7. The van der Waals surface area contributed by atoms with Crippen LogP contribution in [-0.4, -0.2) is 69.1 Å². The Bertz CT molecular complexity index is 1170. The molecule has 2 aromatic carbocycles. The van der Waals surface area contributed by atoms with E-state index in [0.717, 1.165) is 12.1 Å².